The van der Waals surface area contributed by atoms with Gasteiger partial charge in [0.2, 0.25) is 10.4 Å². The monoisotopic (exact) mass is 1110 g/mol. The Morgan fingerprint density at radius 3 is 1.94 bits per heavy atom. The molecule has 0 aliphatic rings. The van der Waals surface area contributed by atoms with Gasteiger partial charge in [0.25, 0.3) is 5.91 Å². The molecule has 348 valence electrons. The number of phenols is 1. The number of nitrogens with two attached hydrogens (primary N) is 1. The van der Waals surface area contributed by atoms with Crippen molar-refractivity contribution >= 4 is 115 Å². The van der Waals surface area contributed by atoms with Gasteiger partial charge in [0, 0.05) is 11.3 Å². The summed E-state index contributed by atoms with van der Waals surface area (Å²) in [5.41, 5.74) is 4.37. The normalized spacial score (nSPS) is 11.9. The second kappa shape index (κ2) is 29.6. The molecule has 0 spiro atoms. The summed E-state index contributed by atoms with van der Waals surface area (Å²) in [5.74, 6) is -2.95. The van der Waals surface area contributed by atoms with Crippen LogP contribution in [0.2, 0.25) is 0 Å². The van der Waals surface area contributed by atoms with Gasteiger partial charge in [-0.25, -0.2) is 33.7 Å². The predicted octanol–water partition coefficient (Wildman–Crippen LogP) is -8.81. The molecule has 69 heavy (non-hydrogen) atoms. The molecular weight excluding hydrogens is 1080 g/mol. The molecule has 0 aliphatic heterocycles. The molecule has 0 atom stereocenters. The number of rotatable bonds is 22. The van der Waals surface area contributed by atoms with Crippen LogP contribution in [0.25, 0.3) is 10.8 Å². The van der Waals surface area contributed by atoms with E-state index in [1.165, 1.54) is 48.5 Å². The first-order chi connectivity index (χ1) is 30.6. The van der Waals surface area contributed by atoms with Crippen molar-refractivity contribution in [2.75, 3.05) is 35.8 Å². The van der Waals surface area contributed by atoms with E-state index in [9.17, 15) is 63.2 Å². The van der Waals surface area contributed by atoms with Crippen molar-refractivity contribution in [3.8, 4) is 5.75 Å². The Hall–Kier alpha value is -1.27. The summed E-state index contributed by atoms with van der Waals surface area (Å²) in [5, 5.41) is 56.2. The molecular formula is C33H26N6Na4O20S6. The number of phenolic OH excluding ortho intramolecular Hbond substituents is 1. The van der Waals surface area contributed by atoms with E-state index in [4.69, 9.17) is 9.92 Å². The standard InChI is InChI=1S/C33H30N6O20S6.4Na/c34-29-28-20(17-27(64(48,49)50)31(29)39-36-21-7-9-24(10-8-21)62(44,45)14-12-55-65(51,52)53)16-26(60-58-56-42)30(32(28)40)38-37-23-5-1-3-19(15-23)33(41)35-22-4-2-6-25(18-22)63(46,47)13-11-54-61-59-57-43;;;;/h1-10,15-18,40,42-43H,11-14,34H2,(H,35,41)(H,48,49,50)(H,51,52,53);;;;/q;4*+1/p-4. The molecule has 0 radical (unpaired) electrons. The molecule has 1 amide bonds. The fourth-order valence-electron chi connectivity index (χ4n) is 5.32. The van der Waals surface area contributed by atoms with Gasteiger partial charge in [-0.15, -0.1) is 14.6 Å². The van der Waals surface area contributed by atoms with Crippen molar-refractivity contribution < 1.29 is 209 Å². The molecule has 0 bridgehead atoms. The predicted molar refractivity (Wildman–Crippen MR) is 217 cm³/mol. The van der Waals surface area contributed by atoms with Gasteiger partial charge < -0.3 is 35.8 Å². The van der Waals surface area contributed by atoms with E-state index in [1.807, 2.05) is 0 Å². The molecule has 0 saturated heterocycles. The zero-order valence-electron chi connectivity index (χ0n) is 35.9. The zero-order chi connectivity index (χ0) is 47.6. The van der Waals surface area contributed by atoms with Gasteiger partial charge >= 0.3 is 118 Å². The molecule has 0 aliphatic carbocycles. The smallest absolute Gasteiger partial charge is 0.744 e. The van der Waals surface area contributed by atoms with E-state index in [2.05, 4.69) is 48.7 Å². The average Bonchev–Trinajstić information content (AvgIpc) is 3.24. The number of hydrogen-bond acceptors (Lipinski definition) is 27. The van der Waals surface area contributed by atoms with Gasteiger partial charge in [-0.05, 0) is 78.2 Å². The Morgan fingerprint density at radius 1 is 0.696 bits per heavy atom. The number of nitrogens with zero attached hydrogens (tertiary/aromatic N) is 4. The first-order valence-corrected chi connectivity index (χ1v) is 24.6. The zero-order valence-corrected chi connectivity index (χ0v) is 48.8. The quantitative estimate of drug-likeness (QED) is 0.00667. The number of nitrogens with one attached hydrogen (secondary N) is 1. The first-order valence-electron chi connectivity index (χ1n) is 17.1. The van der Waals surface area contributed by atoms with Crippen LogP contribution in [-0.4, -0.2) is 78.5 Å². The van der Waals surface area contributed by atoms with E-state index in [0.29, 0.717) is 0 Å². The van der Waals surface area contributed by atoms with Crippen LogP contribution >= 0.6 is 24.4 Å². The van der Waals surface area contributed by atoms with Crippen molar-refractivity contribution in [2.24, 2.45) is 20.5 Å². The number of fused-ring (bicyclic) bond motifs is 1. The van der Waals surface area contributed by atoms with Crippen molar-refractivity contribution in [3.63, 3.8) is 0 Å². The summed E-state index contributed by atoms with van der Waals surface area (Å²) < 4.78 is 137. The minimum atomic E-state index is -5.40. The third kappa shape index (κ3) is 19.2. The van der Waals surface area contributed by atoms with E-state index in [0.717, 1.165) is 36.4 Å². The molecule has 4 N–H and O–H groups in total. The fraction of sp³-hybridized carbons (Fsp3) is 0.121. The van der Waals surface area contributed by atoms with Crippen LogP contribution in [0.15, 0.2) is 125 Å². The SMILES string of the molecule is Nc1c(N=Nc2ccc(S(=O)(=O)CCOS(=O)(=O)[O-])cc2)c(S(=O)(=O)[O-])cc2cc(SOO[O-])c(N=Nc3cccc(C(=O)Nc4cccc(S(=O)(=O)CCOSOO[O-])c4)c3)c(O)c12.[Na+].[Na+].[Na+].[Na+]. The maximum absolute atomic E-state index is 13.2. The minimum absolute atomic E-state index is 0. The third-order valence-electron chi connectivity index (χ3n) is 8.14. The van der Waals surface area contributed by atoms with Gasteiger partial charge in [-0.2, -0.15) is 14.6 Å². The number of azo groups is 2. The summed E-state index contributed by atoms with van der Waals surface area (Å²) in [6, 6.07) is 16.8. The summed E-state index contributed by atoms with van der Waals surface area (Å²) in [6.45, 7) is -1.33. The van der Waals surface area contributed by atoms with Gasteiger partial charge in [0.15, 0.2) is 37.7 Å². The van der Waals surface area contributed by atoms with Gasteiger partial charge in [0.1, 0.15) is 21.5 Å². The summed E-state index contributed by atoms with van der Waals surface area (Å²) in [6.07, 6.45) is 0. The molecule has 26 nitrogen and oxygen atoms in total. The summed E-state index contributed by atoms with van der Waals surface area (Å²) in [4.78, 5) is 11.4. The van der Waals surface area contributed by atoms with E-state index >= 15 is 0 Å². The molecule has 0 fully saturated rings. The third-order valence-corrected chi connectivity index (χ3v) is 13.8. The van der Waals surface area contributed by atoms with Crippen molar-refractivity contribution in [1.29, 1.82) is 0 Å². The second-order valence-corrected chi connectivity index (χ2v) is 20.2. The van der Waals surface area contributed by atoms with Crippen molar-refractivity contribution in [2.45, 2.75) is 19.6 Å². The Labute approximate surface area is 489 Å². The van der Waals surface area contributed by atoms with Crippen molar-refractivity contribution in [3.05, 3.63) is 90.5 Å². The Bertz CT molecular complexity index is 3110. The largest absolute Gasteiger partial charge is 1.00 e. The number of hydrogen-bond donors (Lipinski definition) is 3. The molecule has 5 aromatic carbocycles. The van der Waals surface area contributed by atoms with E-state index in [-0.39, 0.29) is 197 Å². The topological polar surface area (TPSA) is 409 Å². The summed E-state index contributed by atoms with van der Waals surface area (Å²) in [7, 11) is -18.6. The second-order valence-electron chi connectivity index (χ2n) is 12.3. The number of aromatic hydroxyl groups is 1. The number of nitrogen functional groups attached to an aromatic ring is 1. The van der Waals surface area contributed by atoms with Crippen LogP contribution in [0.4, 0.5) is 34.1 Å². The number of sulfone groups is 2. The van der Waals surface area contributed by atoms with Crippen molar-refractivity contribution in [1.82, 2.24) is 0 Å². The number of carbonyl (C=O) groups is 1. The maximum atomic E-state index is 13.2. The Morgan fingerprint density at radius 2 is 1.30 bits per heavy atom. The number of amides is 1. The van der Waals surface area contributed by atoms with Gasteiger partial charge in [-0.1, -0.05) is 12.1 Å². The number of carbonyl (C=O) groups excluding carboxylic acids is 1. The Balaban J connectivity index is 0.00000595. The average molecular weight is 1110 g/mol. The molecule has 0 unspecified atom stereocenters. The van der Waals surface area contributed by atoms with Gasteiger partial charge in [-0.3, -0.25) is 23.2 Å². The molecule has 0 aromatic heterocycles. The van der Waals surface area contributed by atoms with E-state index in [1.54, 1.807) is 0 Å². The number of anilines is 2. The molecule has 5 rings (SSSR count). The maximum Gasteiger partial charge on any atom is 1.00 e. The van der Waals surface area contributed by atoms with Crippen LogP contribution in [0.5, 0.6) is 5.75 Å². The molecule has 5 aromatic rings. The van der Waals surface area contributed by atoms with E-state index < -0.39 is 91.9 Å². The van der Waals surface area contributed by atoms with Crippen LogP contribution in [0.1, 0.15) is 10.4 Å². The van der Waals surface area contributed by atoms with Crippen LogP contribution in [-0.2, 0) is 67.3 Å². The molecule has 0 heterocycles. The fourth-order valence-corrected chi connectivity index (χ4v) is 9.40. The molecule has 36 heteroatoms. The van der Waals surface area contributed by atoms with Crippen LogP contribution < -0.4 is 140 Å². The minimum Gasteiger partial charge on any atom is -0.744 e. The van der Waals surface area contributed by atoms with Gasteiger partial charge in [0.05, 0.1) is 78.8 Å². The first kappa shape index (κ1) is 65.7. The van der Waals surface area contributed by atoms with Crippen LogP contribution in [0.3, 0.4) is 0 Å². The number of benzene rings is 5. The Kier molecular flexibility index (Phi) is 28.2. The molecule has 0 saturated carbocycles. The summed E-state index contributed by atoms with van der Waals surface area (Å²) >= 11 is 0.321. The van der Waals surface area contributed by atoms with Crippen LogP contribution in [0, 0.1) is 0 Å².